The molecule has 0 spiro atoms. The van der Waals surface area contributed by atoms with Gasteiger partial charge in [-0.2, -0.15) is 0 Å². The summed E-state index contributed by atoms with van der Waals surface area (Å²) in [4.78, 5) is 7.22. The van der Waals surface area contributed by atoms with Gasteiger partial charge in [0.25, 0.3) is 0 Å². The third-order valence-electron chi connectivity index (χ3n) is 5.28. The molecule has 20 heavy (non-hydrogen) atoms. The topological polar surface area (TPSA) is 42.2 Å². The minimum atomic E-state index is 0.118. The summed E-state index contributed by atoms with van der Waals surface area (Å²) in [5, 5.41) is 0. The van der Waals surface area contributed by atoms with Gasteiger partial charge in [0, 0.05) is 24.3 Å². The molecule has 1 aromatic rings. The average molecular weight is 275 g/mol. The SMILES string of the molecule is CCN(Cc1cccc(C)n1)C1(CN)CCCC1(C)C. The average Bonchev–Trinajstić information content (AvgIpc) is 2.71. The molecule has 1 aliphatic carbocycles. The van der Waals surface area contributed by atoms with E-state index in [1.165, 1.54) is 19.3 Å². The van der Waals surface area contributed by atoms with Gasteiger partial charge in [-0.25, -0.2) is 0 Å². The van der Waals surface area contributed by atoms with Gasteiger partial charge in [-0.3, -0.25) is 9.88 Å². The van der Waals surface area contributed by atoms with Gasteiger partial charge in [0.2, 0.25) is 0 Å². The van der Waals surface area contributed by atoms with Gasteiger partial charge in [0.1, 0.15) is 0 Å². The first-order valence-corrected chi connectivity index (χ1v) is 7.83. The molecule has 0 saturated heterocycles. The Bertz CT molecular complexity index is 455. The van der Waals surface area contributed by atoms with Crippen LogP contribution in [0.3, 0.4) is 0 Å². The van der Waals surface area contributed by atoms with Crippen molar-refractivity contribution >= 4 is 0 Å². The molecule has 1 atom stereocenters. The largest absolute Gasteiger partial charge is 0.329 e. The van der Waals surface area contributed by atoms with Crippen molar-refractivity contribution in [2.24, 2.45) is 11.1 Å². The van der Waals surface area contributed by atoms with Crippen LogP contribution in [0.4, 0.5) is 0 Å². The Balaban J connectivity index is 2.27. The summed E-state index contributed by atoms with van der Waals surface area (Å²) in [6, 6.07) is 6.28. The van der Waals surface area contributed by atoms with E-state index < -0.39 is 0 Å². The Hall–Kier alpha value is -0.930. The zero-order chi connectivity index (χ0) is 14.8. The summed E-state index contributed by atoms with van der Waals surface area (Å²) in [6.07, 6.45) is 3.75. The van der Waals surface area contributed by atoms with Gasteiger partial charge in [-0.05, 0) is 43.9 Å². The predicted octanol–water partition coefficient (Wildman–Crippen LogP) is 3.12. The zero-order valence-electron chi connectivity index (χ0n) is 13.4. The molecule has 1 unspecified atom stereocenters. The van der Waals surface area contributed by atoms with E-state index in [0.717, 1.165) is 31.0 Å². The third kappa shape index (κ3) is 2.61. The van der Waals surface area contributed by atoms with E-state index >= 15 is 0 Å². The molecule has 112 valence electrons. The second-order valence-corrected chi connectivity index (χ2v) is 6.76. The fourth-order valence-corrected chi connectivity index (χ4v) is 3.94. The van der Waals surface area contributed by atoms with Crippen LogP contribution in [0.1, 0.15) is 51.4 Å². The molecule has 0 aliphatic heterocycles. The standard InChI is InChI=1S/C17H29N3/c1-5-20(12-15-9-6-8-14(2)19-15)17(13-18)11-7-10-16(17,3)4/h6,8-9H,5,7,10-13,18H2,1-4H3. The minimum absolute atomic E-state index is 0.118. The van der Waals surface area contributed by atoms with Crippen molar-refractivity contribution < 1.29 is 0 Å². The maximum Gasteiger partial charge on any atom is 0.0547 e. The summed E-state index contributed by atoms with van der Waals surface area (Å²) in [5.74, 6) is 0. The molecule has 3 heteroatoms. The highest BCUT2D eigenvalue weighted by molar-refractivity contribution is 5.13. The van der Waals surface area contributed by atoms with Gasteiger partial charge in [-0.1, -0.05) is 33.3 Å². The Morgan fingerprint density at radius 1 is 1.30 bits per heavy atom. The molecule has 1 fully saturated rings. The second kappa shape index (κ2) is 5.82. The summed E-state index contributed by atoms with van der Waals surface area (Å²) >= 11 is 0. The van der Waals surface area contributed by atoms with E-state index in [-0.39, 0.29) is 11.0 Å². The number of nitrogens with zero attached hydrogens (tertiary/aromatic N) is 2. The molecule has 1 heterocycles. The van der Waals surface area contributed by atoms with Crippen LogP contribution in [0.5, 0.6) is 0 Å². The highest BCUT2D eigenvalue weighted by Gasteiger charge is 2.51. The fourth-order valence-electron chi connectivity index (χ4n) is 3.94. The van der Waals surface area contributed by atoms with Crippen LogP contribution in [0, 0.1) is 12.3 Å². The molecule has 0 radical (unpaired) electrons. The van der Waals surface area contributed by atoms with Crippen molar-refractivity contribution in [3.63, 3.8) is 0 Å². The number of hydrogen-bond acceptors (Lipinski definition) is 3. The van der Waals surface area contributed by atoms with Gasteiger partial charge in [0.15, 0.2) is 0 Å². The van der Waals surface area contributed by atoms with Gasteiger partial charge < -0.3 is 5.73 Å². The molecule has 3 nitrogen and oxygen atoms in total. The predicted molar refractivity (Wildman–Crippen MR) is 84.5 cm³/mol. The molecule has 1 aromatic heterocycles. The summed E-state index contributed by atoms with van der Waals surface area (Å²) in [7, 11) is 0. The third-order valence-corrected chi connectivity index (χ3v) is 5.28. The quantitative estimate of drug-likeness (QED) is 0.897. The van der Waals surface area contributed by atoms with Crippen LogP contribution in [-0.2, 0) is 6.54 Å². The van der Waals surface area contributed by atoms with Crippen molar-refractivity contribution in [2.45, 2.75) is 59.0 Å². The lowest BCUT2D eigenvalue weighted by Gasteiger charge is -2.49. The Labute approximate surface area is 123 Å². The molecule has 0 amide bonds. The minimum Gasteiger partial charge on any atom is -0.329 e. The Kier molecular flexibility index (Phi) is 4.50. The molecule has 0 bridgehead atoms. The molecule has 2 rings (SSSR count). The van der Waals surface area contributed by atoms with E-state index in [0.29, 0.717) is 0 Å². The Morgan fingerprint density at radius 3 is 2.55 bits per heavy atom. The molecular formula is C17H29N3. The summed E-state index contributed by atoms with van der Waals surface area (Å²) < 4.78 is 0. The van der Waals surface area contributed by atoms with Crippen LogP contribution in [0.25, 0.3) is 0 Å². The first-order chi connectivity index (χ1) is 9.45. The van der Waals surface area contributed by atoms with Crippen molar-refractivity contribution in [2.75, 3.05) is 13.1 Å². The first kappa shape index (κ1) is 15.5. The number of aryl methyl sites for hydroxylation is 1. The van der Waals surface area contributed by atoms with E-state index in [9.17, 15) is 0 Å². The maximum atomic E-state index is 6.24. The van der Waals surface area contributed by atoms with Crippen LogP contribution in [0.2, 0.25) is 0 Å². The first-order valence-electron chi connectivity index (χ1n) is 7.83. The number of nitrogens with two attached hydrogens (primary N) is 1. The number of aromatic nitrogens is 1. The molecule has 1 aliphatic rings. The summed E-state index contributed by atoms with van der Waals surface area (Å²) in [6.45, 7) is 11.7. The lowest BCUT2D eigenvalue weighted by atomic mass is 9.73. The molecule has 0 aromatic carbocycles. The highest BCUT2D eigenvalue weighted by Crippen LogP contribution is 2.49. The van der Waals surface area contributed by atoms with E-state index in [1.54, 1.807) is 0 Å². The molecule has 1 saturated carbocycles. The van der Waals surface area contributed by atoms with E-state index in [2.05, 4.69) is 55.8 Å². The number of likely N-dealkylation sites (N-methyl/N-ethyl adjacent to an activating group) is 1. The molecule has 2 N–H and O–H groups in total. The number of rotatable bonds is 5. The highest BCUT2D eigenvalue weighted by atomic mass is 15.2. The monoisotopic (exact) mass is 275 g/mol. The summed E-state index contributed by atoms with van der Waals surface area (Å²) in [5.41, 5.74) is 8.88. The lowest BCUT2D eigenvalue weighted by molar-refractivity contribution is 0.00923. The van der Waals surface area contributed by atoms with Gasteiger partial charge in [0.05, 0.1) is 5.69 Å². The number of hydrogen-bond donors (Lipinski definition) is 1. The fraction of sp³-hybridized carbons (Fsp3) is 0.706. The van der Waals surface area contributed by atoms with Crippen LogP contribution in [-0.4, -0.2) is 28.5 Å². The van der Waals surface area contributed by atoms with Crippen molar-refractivity contribution in [1.82, 2.24) is 9.88 Å². The number of pyridine rings is 1. The second-order valence-electron chi connectivity index (χ2n) is 6.76. The molecular weight excluding hydrogens is 246 g/mol. The lowest BCUT2D eigenvalue weighted by Crippen LogP contribution is -2.59. The Morgan fingerprint density at radius 2 is 2.05 bits per heavy atom. The smallest absolute Gasteiger partial charge is 0.0547 e. The van der Waals surface area contributed by atoms with Gasteiger partial charge in [-0.15, -0.1) is 0 Å². The van der Waals surface area contributed by atoms with Crippen molar-refractivity contribution in [3.05, 3.63) is 29.6 Å². The van der Waals surface area contributed by atoms with Crippen LogP contribution >= 0.6 is 0 Å². The van der Waals surface area contributed by atoms with Crippen LogP contribution in [0.15, 0.2) is 18.2 Å². The van der Waals surface area contributed by atoms with E-state index in [4.69, 9.17) is 5.73 Å². The van der Waals surface area contributed by atoms with Crippen LogP contribution < -0.4 is 5.73 Å². The van der Waals surface area contributed by atoms with Crippen molar-refractivity contribution in [3.8, 4) is 0 Å². The van der Waals surface area contributed by atoms with Crippen molar-refractivity contribution in [1.29, 1.82) is 0 Å². The maximum absolute atomic E-state index is 6.24. The normalized spacial score (nSPS) is 25.3. The zero-order valence-corrected chi connectivity index (χ0v) is 13.4. The van der Waals surface area contributed by atoms with Gasteiger partial charge >= 0.3 is 0 Å². The van der Waals surface area contributed by atoms with E-state index in [1.807, 2.05) is 0 Å².